The van der Waals surface area contributed by atoms with Crippen LogP contribution in [0.4, 0.5) is 0 Å². The molecule has 0 aliphatic carbocycles. The molecule has 2 nitrogen and oxygen atoms in total. The average molecular weight is 342 g/mol. The summed E-state index contributed by atoms with van der Waals surface area (Å²) in [6.07, 6.45) is 3.62. The fraction of sp³-hybridized carbons (Fsp3) is 0.0833. The van der Waals surface area contributed by atoms with Crippen molar-refractivity contribution in [3.8, 4) is 0 Å². The van der Waals surface area contributed by atoms with Gasteiger partial charge in [-0.3, -0.25) is 9.71 Å². The lowest BCUT2D eigenvalue weighted by Gasteiger charge is -2.03. The summed E-state index contributed by atoms with van der Waals surface area (Å²) in [5, 5.41) is 0. The summed E-state index contributed by atoms with van der Waals surface area (Å²) in [5.74, 6) is 0. The minimum atomic E-state index is 0.846. The van der Waals surface area contributed by atoms with E-state index in [0.29, 0.717) is 0 Å². The monoisotopic (exact) mass is 342 g/mol. The summed E-state index contributed by atoms with van der Waals surface area (Å²) < 4.78 is 4.58. The Labute approximate surface area is 113 Å². The topological polar surface area (TPSA) is 24.9 Å². The molecule has 1 aromatic heterocycles. The van der Waals surface area contributed by atoms with Crippen LogP contribution in [-0.2, 0) is 6.54 Å². The smallest absolute Gasteiger partial charge is 0.0314 e. The van der Waals surface area contributed by atoms with Crippen LogP contribution in [0.2, 0.25) is 0 Å². The highest BCUT2D eigenvalue weighted by atomic mass is 127. The first kappa shape index (κ1) is 11.9. The molecule has 4 heteroatoms. The van der Waals surface area contributed by atoms with Crippen molar-refractivity contribution in [2.75, 3.05) is 0 Å². The van der Waals surface area contributed by atoms with Crippen molar-refractivity contribution >= 4 is 34.5 Å². The molecule has 2 rings (SSSR count). The van der Waals surface area contributed by atoms with E-state index in [1.54, 1.807) is 11.9 Å². The van der Waals surface area contributed by atoms with Crippen molar-refractivity contribution in [1.82, 2.24) is 9.71 Å². The molecule has 0 aliphatic heterocycles. The van der Waals surface area contributed by atoms with Gasteiger partial charge in [-0.05, 0) is 76.5 Å². The predicted octanol–water partition coefficient (Wildman–Crippen LogP) is 3.48. The first-order valence-corrected chi connectivity index (χ1v) is 6.78. The van der Waals surface area contributed by atoms with Gasteiger partial charge in [0, 0.05) is 27.4 Å². The standard InChI is InChI=1S/C12H11IN2S/c13-11-1-3-12(4-2-11)16-15-9-10-5-7-14-8-6-10/h1-8,15H,9H2. The maximum absolute atomic E-state index is 3.99. The molecular weight excluding hydrogens is 331 g/mol. The largest absolute Gasteiger partial charge is 0.265 e. The molecule has 0 saturated carbocycles. The molecule has 0 spiro atoms. The zero-order valence-electron chi connectivity index (χ0n) is 8.56. The normalized spacial score (nSPS) is 10.3. The van der Waals surface area contributed by atoms with Crippen LogP contribution in [0.5, 0.6) is 0 Å². The van der Waals surface area contributed by atoms with Crippen molar-refractivity contribution in [2.45, 2.75) is 11.4 Å². The second kappa shape index (κ2) is 6.22. The Balaban J connectivity index is 1.82. The predicted molar refractivity (Wildman–Crippen MR) is 76.1 cm³/mol. The van der Waals surface area contributed by atoms with Crippen LogP contribution in [0.1, 0.15) is 5.56 Å². The summed E-state index contributed by atoms with van der Waals surface area (Å²) in [5.41, 5.74) is 1.24. The molecule has 0 atom stereocenters. The Morgan fingerprint density at radius 3 is 2.44 bits per heavy atom. The molecule has 0 bridgehead atoms. The van der Waals surface area contributed by atoms with Crippen LogP contribution < -0.4 is 4.72 Å². The fourth-order valence-corrected chi connectivity index (χ4v) is 2.24. The number of aromatic nitrogens is 1. The number of benzene rings is 1. The van der Waals surface area contributed by atoms with E-state index in [1.165, 1.54) is 14.0 Å². The highest BCUT2D eigenvalue weighted by Crippen LogP contribution is 2.16. The van der Waals surface area contributed by atoms with Crippen molar-refractivity contribution in [3.63, 3.8) is 0 Å². The van der Waals surface area contributed by atoms with Gasteiger partial charge >= 0.3 is 0 Å². The van der Waals surface area contributed by atoms with Gasteiger partial charge in [-0.15, -0.1) is 0 Å². The fourth-order valence-electron chi connectivity index (χ4n) is 1.21. The van der Waals surface area contributed by atoms with Crippen molar-refractivity contribution < 1.29 is 0 Å². The van der Waals surface area contributed by atoms with Gasteiger partial charge < -0.3 is 0 Å². The van der Waals surface area contributed by atoms with Crippen molar-refractivity contribution in [1.29, 1.82) is 0 Å². The summed E-state index contributed by atoms with van der Waals surface area (Å²) in [7, 11) is 0. The van der Waals surface area contributed by atoms with Crippen molar-refractivity contribution in [3.05, 3.63) is 57.9 Å². The van der Waals surface area contributed by atoms with E-state index < -0.39 is 0 Å². The molecule has 0 amide bonds. The van der Waals surface area contributed by atoms with E-state index >= 15 is 0 Å². The molecule has 0 saturated heterocycles. The van der Waals surface area contributed by atoms with Gasteiger partial charge in [-0.25, -0.2) is 0 Å². The molecule has 1 aromatic carbocycles. The van der Waals surface area contributed by atoms with Gasteiger partial charge in [-0.2, -0.15) is 0 Å². The number of rotatable bonds is 4. The average Bonchev–Trinajstić information content (AvgIpc) is 2.33. The molecule has 1 heterocycles. The number of nitrogens with zero attached hydrogens (tertiary/aromatic N) is 1. The molecular formula is C12H11IN2S. The Kier molecular flexibility index (Phi) is 4.62. The Hall–Kier alpha value is -0.590. The molecule has 0 radical (unpaired) electrons. The first-order chi connectivity index (χ1) is 7.84. The molecule has 2 aromatic rings. The van der Waals surface area contributed by atoms with E-state index in [-0.39, 0.29) is 0 Å². The van der Waals surface area contributed by atoms with Crippen molar-refractivity contribution in [2.24, 2.45) is 0 Å². The van der Waals surface area contributed by atoms with E-state index in [1.807, 2.05) is 24.5 Å². The summed E-state index contributed by atoms with van der Waals surface area (Å²) in [4.78, 5) is 5.22. The van der Waals surface area contributed by atoms with E-state index in [0.717, 1.165) is 6.54 Å². The summed E-state index contributed by atoms with van der Waals surface area (Å²) in [6, 6.07) is 12.5. The Morgan fingerprint density at radius 1 is 1.06 bits per heavy atom. The lowest BCUT2D eigenvalue weighted by molar-refractivity contribution is 0.969. The van der Waals surface area contributed by atoms with Crippen LogP contribution in [0.25, 0.3) is 0 Å². The number of pyridine rings is 1. The van der Waals surface area contributed by atoms with E-state index in [4.69, 9.17) is 0 Å². The summed E-state index contributed by atoms with van der Waals surface area (Å²) in [6.45, 7) is 0.846. The third-order valence-electron chi connectivity index (χ3n) is 2.03. The van der Waals surface area contributed by atoms with Crippen LogP contribution in [0.15, 0.2) is 53.7 Å². The third-order valence-corrected chi connectivity index (χ3v) is 3.55. The Morgan fingerprint density at radius 2 is 1.75 bits per heavy atom. The van der Waals surface area contributed by atoms with Gasteiger partial charge in [0.2, 0.25) is 0 Å². The molecule has 16 heavy (non-hydrogen) atoms. The number of hydrogen-bond donors (Lipinski definition) is 1. The van der Waals surface area contributed by atoms with Crippen LogP contribution >= 0.6 is 34.5 Å². The minimum Gasteiger partial charge on any atom is -0.265 e. The zero-order valence-corrected chi connectivity index (χ0v) is 11.5. The summed E-state index contributed by atoms with van der Waals surface area (Å²) >= 11 is 3.96. The lowest BCUT2D eigenvalue weighted by atomic mass is 10.3. The molecule has 1 N–H and O–H groups in total. The van der Waals surface area contributed by atoms with Crippen LogP contribution in [0, 0.1) is 3.57 Å². The van der Waals surface area contributed by atoms with Gasteiger partial charge in [-0.1, -0.05) is 0 Å². The molecule has 0 fully saturated rings. The van der Waals surface area contributed by atoms with Gasteiger partial charge in [0.1, 0.15) is 0 Å². The maximum atomic E-state index is 3.99. The molecule has 0 aliphatic rings. The highest BCUT2D eigenvalue weighted by molar-refractivity contribution is 14.1. The minimum absolute atomic E-state index is 0.846. The number of hydrogen-bond acceptors (Lipinski definition) is 3. The van der Waals surface area contributed by atoms with Crippen LogP contribution in [-0.4, -0.2) is 4.98 Å². The number of nitrogens with one attached hydrogen (secondary N) is 1. The first-order valence-electron chi connectivity index (χ1n) is 4.89. The lowest BCUT2D eigenvalue weighted by Crippen LogP contribution is -2.02. The highest BCUT2D eigenvalue weighted by Gasteiger charge is 1.94. The molecule has 0 unspecified atom stereocenters. The van der Waals surface area contributed by atoms with Gasteiger partial charge in [0.25, 0.3) is 0 Å². The maximum Gasteiger partial charge on any atom is 0.0314 e. The molecule has 82 valence electrons. The van der Waals surface area contributed by atoms with E-state index in [2.05, 4.69) is 56.6 Å². The number of halogens is 1. The van der Waals surface area contributed by atoms with Crippen LogP contribution in [0.3, 0.4) is 0 Å². The second-order valence-corrected chi connectivity index (χ2v) is 5.44. The van der Waals surface area contributed by atoms with Gasteiger partial charge in [0.05, 0.1) is 0 Å². The zero-order chi connectivity index (χ0) is 11.2. The Bertz CT molecular complexity index is 431. The third kappa shape index (κ3) is 3.77. The SMILES string of the molecule is Ic1ccc(SNCc2ccncc2)cc1. The van der Waals surface area contributed by atoms with Gasteiger partial charge in [0.15, 0.2) is 0 Å². The second-order valence-electron chi connectivity index (χ2n) is 3.23. The quantitative estimate of drug-likeness (QED) is 0.680. The van der Waals surface area contributed by atoms with E-state index in [9.17, 15) is 0 Å².